The monoisotopic (exact) mass is 622 g/mol. The van der Waals surface area contributed by atoms with Crippen LogP contribution in [-0.4, -0.2) is 12.2 Å². The maximum Gasteiger partial charge on any atom is 0.151 e. The van der Waals surface area contributed by atoms with Crippen LogP contribution in [0.1, 0.15) is 22.3 Å². The molecule has 0 spiro atoms. The summed E-state index contributed by atoms with van der Waals surface area (Å²) >= 11 is 0. The molecule has 10 nitrogen and oxygen atoms in total. The third-order valence-corrected chi connectivity index (χ3v) is 7.90. The first-order valence-electron chi connectivity index (χ1n) is 15.0. The number of methoxy groups -OCH3 is 1. The SMILES string of the molecule is COc1cc(N=Nc2ccc3cc(C)cc(C)c3c2)c(C)cc1N=Nc1c(C)cc2cc(N=Nc3ccc(N)cc3N)ccc2c1O. The van der Waals surface area contributed by atoms with Gasteiger partial charge >= 0.3 is 0 Å². The first-order valence-corrected chi connectivity index (χ1v) is 15.0. The molecule has 0 aliphatic heterocycles. The van der Waals surface area contributed by atoms with Gasteiger partial charge in [-0.15, -0.1) is 15.3 Å². The zero-order valence-corrected chi connectivity index (χ0v) is 26.8. The summed E-state index contributed by atoms with van der Waals surface area (Å²) in [5, 5.41) is 41.3. The van der Waals surface area contributed by atoms with Crippen LogP contribution >= 0.6 is 0 Å². The second-order valence-electron chi connectivity index (χ2n) is 11.5. The van der Waals surface area contributed by atoms with Crippen molar-refractivity contribution in [1.82, 2.24) is 0 Å². The molecule has 0 fully saturated rings. The van der Waals surface area contributed by atoms with Crippen molar-refractivity contribution in [2.45, 2.75) is 27.7 Å². The molecule has 0 heterocycles. The Balaban J connectivity index is 1.26. The van der Waals surface area contributed by atoms with E-state index in [2.05, 4.69) is 62.7 Å². The smallest absolute Gasteiger partial charge is 0.151 e. The Hall–Kier alpha value is -6.16. The fraction of sp³-hybridized carbons (Fsp3) is 0.135. The van der Waals surface area contributed by atoms with Crippen molar-refractivity contribution in [2.75, 3.05) is 18.6 Å². The number of aryl methyl sites for hydroxylation is 4. The first-order chi connectivity index (χ1) is 22.6. The van der Waals surface area contributed by atoms with Gasteiger partial charge in [-0.3, -0.25) is 0 Å². The first kappa shape index (κ1) is 30.8. The lowest BCUT2D eigenvalue weighted by Crippen LogP contribution is -1.89. The Morgan fingerprint density at radius 1 is 0.553 bits per heavy atom. The highest BCUT2D eigenvalue weighted by molar-refractivity contribution is 5.95. The highest BCUT2D eigenvalue weighted by Gasteiger charge is 2.13. The number of hydrogen-bond acceptors (Lipinski definition) is 10. The lowest BCUT2D eigenvalue weighted by Gasteiger charge is -2.10. The molecule has 0 atom stereocenters. The average molecular weight is 623 g/mol. The van der Waals surface area contributed by atoms with E-state index in [0.29, 0.717) is 50.9 Å². The Bertz CT molecular complexity index is 2270. The number of aromatic hydroxyl groups is 1. The standard InChI is InChI=1S/C37H34N8O2/c1-20-12-21(2)30-18-28(8-6-24(30)13-20)41-43-33-19-35(47-5)34(15-22(33)3)44-45-36-23(4)14-25-16-27(9-10-29(25)37(36)46)40-42-32-11-7-26(38)17-31(32)39/h6-19,46H,38-39H2,1-5H3. The van der Waals surface area contributed by atoms with E-state index in [1.807, 2.05) is 44.2 Å². The molecule has 0 aliphatic rings. The van der Waals surface area contributed by atoms with Crippen LogP contribution in [-0.2, 0) is 0 Å². The number of benzene rings is 6. The number of azo groups is 3. The number of fused-ring (bicyclic) bond motifs is 2. The van der Waals surface area contributed by atoms with Crippen LogP contribution in [0.25, 0.3) is 21.5 Å². The number of phenolic OH excluding ortho intramolecular Hbond substituents is 1. The summed E-state index contributed by atoms with van der Waals surface area (Å²) in [4.78, 5) is 0. The van der Waals surface area contributed by atoms with Gasteiger partial charge in [-0.25, -0.2) is 0 Å². The fourth-order valence-corrected chi connectivity index (χ4v) is 5.47. The molecule has 6 aromatic carbocycles. The van der Waals surface area contributed by atoms with E-state index in [1.54, 1.807) is 43.5 Å². The van der Waals surface area contributed by atoms with Gasteiger partial charge in [0.2, 0.25) is 0 Å². The Labute approximate surface area is 272 Å². The van der Waals surface area contributed by atoms with Gasteiger partial charge in [0.25, 0.3) is 0 Å². The molecule has 0 aliphatic carbocycles. The largest absolute Gasteiger partial charge is 0.505 e. The van der Waals surface area contributed by atoms with Crippen molar-refractivity contribution in [1.29, 1.82) is 0 Å². The molecular weight excluding hydrogens is 588 g/mol. The van der Waals surface area contributed by atoms with Crippen molar-refractivity contribution in [3.05, 3.63) is 107 Å². The molecule has 0 radical (unpaired) electrons. The molecule has 6 aromatic rings. The molecule has 47 heavy (non-hydrogen) atoms. The zero-order valence-electron chi connectivity index (χ0n) is 26.8. The summed E-state index contributed by atoms with van der Waals surface area (Å²) in [6, 6.07) is 26.4. The van der Waals surface area contributed by atoms with Gasteiger partial charge in [0.05, 0.1) is 29.9 Å². The zero-order chi connectivity index (χ0) is 33.2. The van der Waals surface area contributed by atoms with Gasteiger partial charge in [0, 0.05) is 17.1 Å². The quantitative estimate of drug-likeness (QED) is 0.120. The molecule has 0 amide bonds. The van der Waals surface area contributed by atoms with E-state index in [-0.39, 0.29) is 5.75 Å². The van der Waals surface area contributed by atoms with E-state index in [1.165, 1.54) is 16.5 Å². The molecule has 234 valence electrons. The molecule has 10 heteroatoms. The summed E-state index contributed by atoms with van der Waals surface area (Å²) in [6.45, 7) is 7.98. The number of nitrogens with zero attached hydrogens (tertiary/aromatic N) is 6. The van der Waals surface area contributed by atoms with Crippen LogP contribution < -0.4 is 16.2 Å². The molecule has 0 unspecified atom stereocenters. The summed E-state index contributed by atoms with van der Waals surface area (Å²) in [7, 11) is 1.56. The highest BCUT2D eigenvalue weighted by Crippen LogP contribution is 2.42. The predicted octanol–water partition coefficient (Wildman–Crippen LogP) is 11.4. The molecule has 0 bridgehead atoms. The second kappa shape index (κ2) is 12.7. The third-order valence-electron chi connectivity index (χ3n) is 7.90. The minimum Gasteiger partial charge on any atom is -0.505 e. The van der Waals surface area contributed by atoms with Crippen LogP contribution in [0, 0.1) is 27.7 Å². The predicted molar refractivity (Wildman–Crippen MR) is 189 cm³/mol. The van der Waals surface area contributed by atoms with Gasteiger partial charge in [0.15, 0.2) is 5.75 Å². The normalized spacial score (nSPS) is 11.9. The van der Waals surface area contributed by atoms with Crippen molar-refractivity contribution in [3.63, 3.8) is 0 Å². The number of anilines is 2. The number of ether oxygens (including phenoxy) is 1. The maximum atomic E-state index is 11.2. The summed E-state index contributed by atoms with van der Waals surface area (Å²) in [5.74, 6) is 0.490. The molecular formula is C37H34N8O2. The number of phenols is 1. The number of rotatable bonds is 7. The van der Waals surface area contributed by atoms with Crippen LogP contribution in [0.15, 0.2) is 116 Å². The van der Waals surface area contributed by atoms with Crippen LogP contribution in [0.4, 0.5) is 45.5 Å². The average Bonchev–Trinajstić information content (AvgIpc) is 3.03. The molecule has 6 rings (SSSR count). The Morgan fingerprint density at radius 2 is 1.28 bits per heavy atom. The van der Waals surface area contributed by atoms with Gasteiger partial charge in [0.1, 0.15) is 22.8 Å². The lowest BCUT2D eigenvalue weighted by molar-refractivity contribution is 0.416. The van der Waals surface area contributed by atoms with Crippen molar-refractivity contribution in [3.8, 4) is 11.5 Å². The number of hydrogen-bond donors (Lipinski definition) is 3. The molecule has 0 saturated carbocycles. The van der Waals surface area contributed by atoms with Crippen LogP contribution in [0.5, 0.6) is 11.5 Å². The lowest BCUT2D eigenvalue weighted by atomic mass is 10.0. The van der Waals surface area contributed by atoms with Gasteiger partial charge in [-0.2, -0.15) is 15.3 Å². The van der Waals surface area contributed by atoms with E-state index in [9.17, 15) is 5.11 Å². The second-order valence-corrected chi connectivity index (χ2v) is 11.5. The summed E-state index contributed by atoms with van der Waals surface area (Å²) in [5.41, 5.74) is 20.1. The highest BCUT2D eigenvalue weighted by atomic mass is 16.5. The molecule has 5 N–H and O–H groups in total. The van der Waals surface area contributed by atoms with Crippen molar-refractivity contribution in [2.24, 2.45) is 30.7 Å². The molecule has 0 saturated heterocycles. The van der Waals surface area contributed by atoms with E-state index in [0.717, 1.165) is 27.6 Å². The van der Waals surface area contributed by atoms with Crippen LogP contribution in [0.3, 0.4) is 0 Å². The van der Waals surface area contributed by atoms with Crippen molar-refractivity contribution >= 4 is 67.0 Å². The van der Waals surface area contributed by atoms with E-state index in [4.69, 9.17) is 16.2 Å². The third kappa shape index (κ3) is 6.48. The topological polar surface area (TPSA) is 156 Å². The maximum absolute atomic E-state index is 11.2. The van der Waals surface area contributed by atoms with Crippen molar-refractivity contribution < 1.29 is 9.84 Å². The van der Waals surface area contributed by atoms with E-state index < -0.39 is 0 Å². The Kier molecular flexibility index (Phi) is 8.32. The van der Waals surface area contributed by atoms with Gasteiger partial charge in [-0.1, -0.05) is 23.8 Å². The van der Waals surface area contributed by atoms with Gasteiger partial charge < -0.3 is 21.3 Å². The Morgan fingerprint density at radius 3 is 2.04 bits per heavy atom. The fourth-order valence-electron chi connectivity index (χ4n) is 5.47. The number of nitrogens with two attached hydrogens (primary N) is 2. The molecule has 0 aromatic heterocycles. The minimum absolute atomic E-state index is 0.0110. The minimum atomic E-state index is 0.0110. The van der Waals surface area contributed by atoms with Gasteiger partial charge in [-0.05, 0) is 121 Å². The number of nitrogen functional groups attached to an aromatic ring is 2. The summed E-state index contributed by atoms with van der Waals surface area (Å²) < 4.78 is 5.63. The van der Waals surface area contributed by atoms with E-state index >= 15 is 0 Å². The summed E-state index contributed by atoms with van der Waals surface area (Å²) in [6.07, 6.45) is 0. The van der Waals surface area contributed by atoms with Crippen LogP contribution in [0.2, 0.25) is 0 Å².